The third-order valence-corrected chi connectivity index (χ3v) is 5.17. The third-order valence-electron chi connectivity index (χ3n) is 4.23. The quantitative estimate of drug-likeness (QED) is 0.499. The van der Waals surface area contributed by atoms with Gasteiger partial charge in [0.15, 0.2) is 0 Å². The number of nitrogens with one attached hydrogen (secondary N) is 2. The summed E-state index contributed by atoms with van der Waals surface area (Å²) < 4.78 is 0. The molecule has 0 bridgehead atoms. The summed E-state index contributed by atoms with van der Waals surface area (Å²) in [6.07, 6.45) is 3.48. The van der Waals surface area contributed by atoms with Crippen LogP contribution in [0.4, 0.5) is 11.8 Å². The van der Waals surface area contributed by atoms with Crippen molar-refractivity contribution in [2.75, 3.05) is 23.9 Å². The Bertz CT molecular complexity index is 629. The average molecular weight is 307 g/mol. The topological polar surface area (TPSA) is 96.1 Å². The maximum absolute atomic E-state index is 9.41. The van der Waals surface area contributed by atoms with Crippen LogP contribution in [0.2, 0.25) is 0 Å². The van der Waals surface area contributed by atoms with Gasteiger partial charge in [0, 0.05) is 18.0 Å². The summed E-state index contributed by atoms with van der Waals surface area (Å²) in [5.74, 6) is 7.61. The van der Waals surface area contributed by atoms with Crippen LogP contribution in [0, 0.1) is 18.8 Å². The van der Waals surface area contributed by atoms with Gasteiger partial charge in [-0.25, -0.2) is 10.8 Å². The second-order valence-electron chi connectivity index (χ2n) is 5.63. The van der Waals surface area contributed by atoms with Gasteiger partial charge in [0.2, 0.25) is 5.95 Å². The monoisotopic (exact) mass is 307 g/mol. The van der Waals surface area contributed by atoms with Gasteiger partial charge in [0.25, 0.3) is 0 Å². The van der Waals surface area contributed by atoms with Crippen molar-refractivity contribution in [3.8, 4) is 0 Å². The predicted octanol–water partition coefficient (Wildman–Crippen LogP) is 2.11. The van der Waals surface area contributed by atoms with Crippen LogP contribution in [-0.4, -0.2) is 28.2 Å². The lowest BCUT2D eigenvalue weighted by Crippen LogP contribution is -2.21. The fraction of sp³-hybridized carbons (Fsp3) is 0.571. The Hall–Kier alpha value is -1.44. The van der Waals surface area contributed by atoms with E-state index < -0.39 is 0 Å². The number of nitrogen functional groups attached to an aromatic ring is 1. The minimum absolute atomic E-state index is 0.276. The zero-order valence-corrected chi connectivity index (χ0v) is 12.9. The number of aliphatic hydroxyl groups excluding tert-OH is 1. The number of aliphatic hydroxyl groups is 1. The van der Waals surface area contributed by atoms with E-state index in [1.165, 1.54) is 11.3 Å². The molecule has 2 heterocycles. The Morgan fingerprint density at radius 3 is 2.95 bits per heavy atom. The van der Waals surface area contributed by atoms with Crippen molar-refractivity contribution in [1.29, 1.82) is 0 Å². The van der Waals surface area contributed by atoms with Crippen molar-refractivity contribution in [2.45, 2.75) is 26.2 Å². The molecule has 7 heteroatoms. The van der Waals surface area contributed by atoms with Crippen molar-refractivity contribution >= 4 is 33.3 Å². The molecule has 0 amide bonds. The van der Waals surface area contributed by atoms with Gasteiger partial charge in [-0.05, 0) is 37.7 Å². The minimum Gasteiger partial charge on any atom is -0.396 e. The fourth-order valence-corrected chi connectivity index (χ4v) is 3.97. The number of anilines is 2. The van der Waals surface area contributed by atoms with Crippen LogP contribution in [-0.2, 0) is 0 Å². The zero-order chi connectivity index (χ0) is 14.8. The van der Waals surface area contributed by atoms with E-state index in [0.29, 0.717) is 17.8 Å². The second kappa shape index (κ2) is 6.13. The van der Waals surface area contributed by atoms with Crippen LogP contribution in [0.15, 0.2) is 6.07 Å². The molecular weight excluding hydrogens is 286 g/mol. The molecule has 1 saturated carbocycles. The molecule has 0 spiro atoms. The maximum Gasteiger partial charge on any atom is 0.240 e. The summed E-state index contributed by atoms with van der Waals surface area (Å²) in [6, 6.07) is 2.10. The van der Waals surface area contributed by atoms with Gasteiger partial charge in [-0.2, -0.15) is 4.98 Å². The Morgan fingerprint density at radius 1 is 1.38 bits per heavy atom. The summed E-state index contributed by atoms with van der Waals surface area (Å²) in [5.41, 5.74) is 2.52. The van der Waals surface area contributed by atoms with E-state index in [2.05, 4.69) is 33.7 Å². The van der Waals surface area contributed by atoms with Gasteiger partial charge >= 0.3 is 0 Å². The van der Waals surface area contributed by atoms with Crippen molar-refractivity contribution in [3.63, 3.8) is 0 Å². The lowest BCUT2D eigenvalue weighted by atomic mass is 9.97. The fourth-order valence-electron chi connectivity index (χ4n) is 3.09. The number of thiophene rings is 1. The minimum atomic E-state index is 0.276. The molecule has 2 unspecified atom stereocenters. The Morgan fingerprint density at radius 2 is 2.19 bits per heavy atom. The number of nitrogens with two attached hydrogens (primary N) is 1. The first-order valence-corrected chi connectivity index (χ1v) is 8.12. The molecule has 0 aliphatic heterocycles. The van der Waals surface area contributed by atoms with Gasteiger partial charge in [-0.15, -0.1) is 11.3 Å². The van der Waals surface area contributed by atoms with Crippen LogP contribution in [0.5, 0.6) is 0 Å². The number of aryl methyl sites for hydroxylation is 1. The van der Waals surface area contributed by atoms with E-state index in [4.69, 9.17) is 5.84 Å². The molecule has 21 heavy (non-hydrogen) atoms. The molecule has 0 radical (unpaired) electrons. The largest absolute Gasteiger partial charge is 0.396 e. The molecular formula is C14H21N5OS. The van der Waals surface area contributed by atoms with Gasteiger partial charge < -0.3 is 10.4 Å². The molecule has 5 N–H and O–H groups in total. The Balaban J connectivity index is 1.82. The molecule has 1 aliphatic rings. The number of fused-ring (bicyclic) bond motifs is 1. The highest BCUT2D eigenvalue weighted by Crippen LogP contribution is 2.33. The van der Waals surface area contributed by atoms with Crippen LogP contribution in [0.3, 0.4) is 0 Å². The molecule has 1 fully saturated rings. The number of hydrogen-bond donors (Lipinski definition) is 4. The normalized spacial score (nSPS) is 21.9. The SMILES string of the molecule is Cc1cc2c(NCC3CCCC3CO)nc(NN)nc2s1. The summed E-state index contributed by atoms with van der Waals surface area (Å²) in [6.45, 7) is 3.17. The molecule has 0 saturated heterocycles. The molecule has 3 rings (SSSR count). The van der Waals surface area contributed by atoms with E-state index >= 15 is 0 Å². The summed E-state index contributed by atoms with van der Waals surface area (Å²) in [5, 5.41) is 13.9. The number of hydrogen-bond acceptors (Lipinski definition) is 7. The van der Waals surface area contributed by atoms with Crippen LogP contribution >= 0.6 is 11.3 Å². The smallest absolute Gasteiger partial charge is 0.240 e. The van der Waals surface area contributed by atoms with Gasteiger partial charge in [-0.1, -0.05) is 6.42 Å². The summed E-state index contributed by atoms with van der Waals surface area (Å²) in [7, 11) is 0. The van der Waals surface area contributed by atoms with Gasteiger partial charge in [0.05, 0.1) is 5.39 Å². The highest BCUT2D eigenvalue weighted by Gasteiger charge is 2.26. The molecule has 6 nitrogen and oxygen atoms in total. The first-order valence-electron chi connectivity index (χ1n) is 7.30. The second-order valence-corrected chi connectivity index (χ2v) is 6.87. The summed E-state index contributed by atoms with van der Waals surface area (Å²) in [4.78, 5) is 10.9. The first kappa shape index (κ1) is 14.5. The number of aromatic nitrogens is 2. The lowest BCUT2D eigenvalue weighted by Gasteiger charge is -2.18. The molecule has 2 atom stereocenters. The van der Waals surface area contributed by atoms with E-state index in [-0.39, 0.29) is 6.61 Å². The Labute approximate surface area is 127 Å². The van der Waals surface area contributed by atoms with Crippen LogP contribution in [0.25, 0.3) is 10.2 Å². The first-order chi connectivity index (χ1) is 10.2. The van der Waals surface area contributed by atoms with Crippen molar-refractivity contribution in [1.82, 2.24) is 9.97 Å². The zero-order valence-electron chi connectivity index (χ0n) is 12.1. The molecule has 2 aromatic heterocycles. The van der Waals surface area contributed by atoms with Crippen LogP contribution < -0.4 is 16.6 Å². The molecule has 2 aromatic rings. The predicted molar refractivity (Wildman–Crippen MR) is 86.4 cm³/mol. The van der Waals surface area contributed by atoms with E-state index in [1.54, 1.807) is 11.3 Å². The average Bonchev–Trinajstić information content (AvgIpc) is 3.09. The third kappa shape index (κ3) is 2.95. The highest BCUT2D eigenvalue weighted by atomic mass is 32.1. The molecule has 114 valence electrons. The molecule has 1 aliphatic carbocycles. The van der Waals surface area contributed by atoms with Crippen LogP contribution in [0.1, 0.15) is 24.1 Å². The highest BCUT2D eigenvalue weighted by molar-refractivity contribution is 7.18. The van der Waals surface area contributed by atoms with Gasteiger partial charge in [-0.3, -0.25) is 5.43 Å². The number of rotatable bonds is 5. The molecule has 0 aromatic carbocycles. The van der Waals surface area contributed by atoms with Gasteiger partial charge in [0.1, 0.15) is 10.6 Å². The van der Waals surface area contributed by atoms with E-state index in [0.717, 1.165) is 35.4 Å². The van der Waals surface area contributed by atoms with E-state index in [1.807, 2.05) is 0 Å². The standard InChI is InChI=1S/C14H21N5OS/c1-8-5-11-12(17-14(19-15)18-13(11)21-8)16-6-9-3-2-4-10(9)7-20/h5,9-10,20H,2-4,6-7,15H2,1H3,(H2,16,17,18,19). The van der Waals surface area contributed by atoms with Crippen molar-refractivity contribution in [2.24, 2.45) is 17.7 Å². The van der Waals surface area contributed by atoms with Crippen molar-refractivity contribution in [3.05, 3.63) is 10.9 Å². The lowest BCUT2D eigenvalue weighted by molar-refractivity contribution is 0.199. The van der Waals surface area contributed by atoms with E-state index in [9.17, 15) is 5.11 Å². The maximum atomic E-state index is 9.41. The summed E-state index contributed by atoms with van der Waals surface area (Å²) >= 11 is 1.63. The number of hydrazine groups is 1. The van der Waals surface area contributed by atoms with Crippen molar-refractivity contribution < 1.29 is 5.11 Å². The Kier molecular flexibility index (Phi) is 4.23. The number of nitrogens with zero attached hydrogens (tertiary/aromatic N) is 2.